The van der Waals surface area contributed by atoms with Crippen LogP contribution in [0.1, 0.15) is 62.9 Å². The average molecular weight is 629 g/mol. The summed E-state index contributed by atoms with van der Waals surface area (Å²) in [5.74, 6) is -1.17. The van der Waals surface area contributed by atoms with Gasteiger partial charge in [0.05, 0.1) is 16.9 Å². The maximum absolute atomic E-state index is 13.6. The number of hydrogen-bond acceptors (Lipinski definition) is 6. The van der Waals surface area contributed by atoms with E-state index in [1.807, 2.05) is 0 Å². The summed E-state index contributed by atoms with van der Waals surface area (Å²) < 4.78 is 80.6. The molecule has 3 aromatic heterocycles. The maximum Gasteiger partial charge on any atom is 0.437 e. The lowest BCUT2D eigenvalue weighted by Crippen LogP contribution is -2.31. The molecule has 0 aliphatic heterocycles. The van der Waals surface area contributed by atoms with Gasteiger partial charge in [-0.25, -0.2) is 9.67 Å². The Labute approximate surface area is 245 Å². The van der Waals surface area contributed by atoms with Crippen molar-refractivity contribution in [2.24, 2.45) is 0 Å². The molecule has 0 atom stereocenters. The van der Waals surface area contributed by atoms with E-state index in [4.69, 9.17) is 11.6 Å². The number of aryl methyl sites for hydroxylation is 2. The molecular formula is C26H23ClF6N8O2. The number of amides is 2. The highest BCUT2D eigenvalue weighted by molar-refractivity contribution is 6.31. The Morgan fingerprint density at radius 3 is 2.12 bits per heavy atom. The molecule has 17 heteroatoms. The Morgan fingerprint density at radius 2 is 1.56 bits per heavy atom. The number of nitrogens with zero attached hydrogens (tertiary/aromatic N) is 6. The number of alkyl halides is 6. The molecule has 4 aromatic rings. The molecule has 0 spiro atoms. The number of rotatable bonds is 7. The van der Waals surface area contributed by atoms with Crippen molar-refractivity contribution in [1.82, 2.24) is 35.1 Å². The summed E-state index contributed by atoms with van der Waals surface area (Å²) in [6, 6.07) is 7.07. The van der Waals surface area contributed by atoms with Crippen molar-refractivity contribution in [3.63, 3.8) is 0 Å². The summed E-state index contributed by atoms with van der Waals surface area (Å²) in [4.78, 5) is 30.9. The van der Waals surface area contributed by atoms with Gasteiger partial charge < -0.3 is 10.6 Å². The molecule has 1 aromatic carbocycles. The molecule has 0 saturated carbocycles. The van der Waals surface area contributed by atoms with E-state index in [2.05, 4.69) is 30.9 Å². The molecule has 2 N–H and O–H groups in total. The lowest BCUT2D eigenvalue weighted by molar-refractivity contribution is -0.165. The molecule has 0 unspecified atom stereocenters. The van der Waals surface area contributed by atoms with Gasteiger partial charge in [0.25, 0.3) is 11.8 Å². The van der Waals surface area contributed by atoms with Gasteiger partial charge in [-0.15, -0.1) is 10.2 Å². The highest BCUT2D eigenvalue weighted by Gasteiger charge is 2.48. The lowest BCUT2D eigenvalue weighted by Gasteiger charge is -2.16. The van der Waals surface area contributed by atoms with Crippen LogP contribution in [0, 0.1) is 13.8 Å². The molecule has 228 valence electrons. The predicted octanol–water partition coefficient (Wildman–Crippen LogP) is 5.61. The summed E-state index contributed by atoms with van der Waals surface area (Å²) in [7, 11) is 0. The molecule has 0 aliphatic rings. The van der Waals surface area contributed by atoms with Crippen LogP contribution >= 0.6 is 11.6 Å². The standard InChI is InChI=1S/C26H23ClF6N8O2/c1-12(2)35-23(42)17-9-15(27)8-14(4)19(17)36-24(43)18-10-16(37-41(18)22-13(3)6-5-7-34-22)11-40-38-20(25(28,29)30)21(39-40)26(31,32)33/h5-10,12H,11H2,1-4H3,(H,35,42)(H,36,43). The van der Waals surface area contributed by atoms with Crippen LogP contribution < -0.4 is 10.6 Å². The third kappa shape index (κ3) is 6.96. The van der Waals surface area contributed by atoms with Crippen molar-refractivity contribution in [3.8, 4) is 5.82 Å². The first-order valence-electron chi connectivity index (χ1n) is 12.5. The number of benzene rings is 1. The van der Waals surface area contributed by atoms with E-state index in [0.29, 0.717) is 11.1 Å². The quantitative estimate of drug-likeness (QED) is 0.257. The molecule has 0 fully saturated rings. The highest BCUT2D eigenvalue weighted by Crippen LogP contribution is 2.38. The zero-order valence-corrected chi connectivity index (χ0v) is 23.7. The molecule has 3 heterocycles. The summed E-state index contributed by atoms with van der Waals surface area (Å²) in [6.45, 7) is 6.00. The van der Waals surface area contributed by atoms with E-state index in [1.165, 1.54) is 18.3 Å². The van der Waals surface area contributed by atoms with Crippen LogP contribution in [0.3, 0.4) is 0 Å². The van der Waals surface area contributed by atoms with Gasteiger partial charge in [0.15, 0.2) is 17.2 Å². The number of carbonyl (C=O) groups excluding carboxylic acids is 2. The molecule has 2 amide bonds. The second-order valence-corrected chi connectivity index (χ2v) is 10.2. The minimum atomic E-state index is -5.42. The Kier molecular flexibility index (Phi) is 8.53. The molecule has 0 saturated heterocycles. The van der Waals surface area contributed by atoms with Crippen LogP contribution in [0.15, 0.2) is 36.5 Å². The summed E-state index contributed by atoms with van der Waals surface area (Å²) in [5, 5.41) is 15.8. The maximum atomic E-state index is 13.6. The first-order chi connectivity index (χ1) is 20.0. The third-order valence-electron chi connectivity index (χ3n) is 5.87. The number of aromatic nitrogens is 6. The average Bonchev–Trinajstić information content (AvgIpc) is 3.50. The van der Waals surface area contributed by atoms with E-state index < -0.39 is 42.1 Å². The van der Waals surface area contributed by atoms with E-state index in [9.17, 15) is 35.9 Å². The van der Waals surface area contributed by atoms with Crippen molar-refractivity contribution in [1.29, 1.82) is 0 Å². The zero-order valence-electron chi connectivity index (χ0n) is 22.9. The van der Waals surface area contributed by atoms with Crippen LogP contribution in [0.5, 0.6) is 0 Å². The van der Waals surface area contributed by atoms with Crippen LogP contribution in [0.4, 0.5) is 32.0 Å². The number of carbonyl (C=O) groups is 2. The van der Waals surface area contributed by atoms with Gasteiger partial charge >= 0.3 is 12.4 Å². The van der Waals surface area contributed by atoms with Gasteiger partial charge in [-0.05, 0) is 63.1 Å². The second kappa shape index (κ2) is 11.7. The molecule has 0 aliphatic carbocycles. The fraction of sp³-hybridized carbons (Fsp3) is 0.308. The Morgan fingerprint density at radius 1 is 0.930 bits per heavy atom. The van der Waals surface area contributed by atoms with Crippen molar-refractivity contribution in [2.45, 2.75) is 52.6 Å². The number of anilines is 1. The summed E-state index contributed by atoms with van der Waals surface area (Å²) >= 11 is 6.16. The zero-order chi connectivity index (χ0) is 31.9. The number of halogens is 7. The van der Waals surface area contributed by atoms with E-state index in [0.717, 1.165) is 10.7 Å². The first kappa shape index (κ1) is 31.5. The SMILES string of the molecule is Cc1cccnc1-n1nc(Cn2nc(C(F)(F)F)c(C(F)(F)F)n2)cc1C(=O)Nc1c(C)cc(Cl)cc1C(=O)NC(C)C. The largest absolute Gasteiger partial charge is 0.437 e. The Bertz CT molecular complexity index is 1660. The van der Waals surface area contributed by atoms with Gasteiger partial charge in [0.1, 0.15) is 12.2 Å². The van der Waals surface area contributed by atoms with Gasteiger partial charge in [-0.3, -0.25) is 9.59 Å². The molecular weight excluding hydrogens is 606 g/mol. The lowest BCUT2D eigenvalue weighted by atomic mass is 10.1. The van der Waals surface area contributed by atoms with Gasteiger partial charge in [0, 0.05) is 17.3 Å². The van der Waals surface area contributed by atoms with Crippen LogP contribution in [-0.4, -0.2) is 47.6 Å². The first-order valence-corrected chi connectivity index (χ1v) is 12.9. The van der Waals surface area contributed by atoms with Gasteiger partial charge in [-0.2, -0.15) is 36.2 Å². The molecule has 43 heavy (non-hydrogen) atoms. The van der Waals surface area contributed by atoms with Crippen molar-refractivity contribution in [2.75, 3.05) is 5.32 Å². The van der Waals surface area contributed by atoms with E-state index in [1.54, 1.807) is 39.8 Å². The predicted molar refractivity (Wildman–Crippen MR) is 142 cm³/mol. The normalized spacial score (nSPS) is 12.1. The molecule has 4 rings (SSSR count). The third-order valence-corrected chi connectivity index (χ3v) is 6.09. The fourth-order valence-electron chi connectivity index (χ4n) is 4.08. The number of pyridine rings is 1. The monoisotopic (exact) mass is 628 g/mol. The summed E-state index contributed by atoms with van der Waals surface area (Å²) in [5.41, 5.74) is -3.59. The summed E-state index contributed by atoms with van der Waals surface area (Å²) in [6.07, 6.45) is -9.44. The van der Waals surface area contributed by atoms with Crippen LogP contribution in [0.2, 0.25) is 5.02 Å². The molecule has 0 radical (unpaired) electrons. The molecule has 10 nitrogen and oxygen atoms in total. The van der Waals surface area contributed by atoms with Gasteiger partial charge in [0.2, 0.25) is 0 Å². The van der Waals surface area contributed by atoms with Crippen LogP contribution in [0.25, 0.3) is 5.82 Å². The van der Waals surface area contributed by atoms with Gasteiger partial charge in [-0.1, -0.05) is 17.7 Å². The Balaban J connectivity index is 1.78. The van der Waals surface area contributed by atoms with Crippen molar-refractivity contribution >= 4 is 29.1 Å². The Hall–Kier alpha value is -4.47. The van der Waals surface area contributed by atoms with E-state index in [-0.39, 0.29) is 44.3 Å². The second-order valence-electron chi connectivity index (χ2n) is 9.73. The van der Waals surface area contributed by atoms with Crippen LogP contribution in [-0.2, 0) is 18.9 Å². The number of nitrogens with one attached hydrogen (secondary N) is 2. The topological polar surface area (TPSA) is 120 Å². The van der Waals surface area contributed by atoms with Crippen molar-refractivity contribution in [3.05, 3.63) is 81.0 Å². The smallest absolute Gasteiger partial charge is 0.350 e. The molecule has 0 bridgehead atoms. The minimum absolute atomic E-state index is 0.0625. The fourth-order valence-corrected chi connectivity index (χ4v) is 4.35. The number of hydrogen-bond donors (Lipinski definition) is 2. The van der Waals surface area contributed by atoms with Crippen molar-refractivity contribution < 1.29 is 35.9 Å². The van der Waals surface area contributed by atoms with E-state index >= 15 is 0 Å². The minimum Gasteiger partial charge on any atom is -0.350 e. The highest BCUT2D eigenvalue weighted by atomic mass is 35.5.